The van der Waals surface area contributed by atoms with Crippen molar-refractivity contribution in [1.29, 1.82) is 0 Å². The first-order valence-corrected chi connectivity index (χ1v) is 10.0. The largest absolute Gasteiger partial charge is 0.376 e. The Bertz CT molecular complexity index is 836. The smallest absolute Gasteiger partial charge is 0.257 e. The number of benzene rings is 1. The molecule has 1 fully saturated rings. The molecule has 2 aromatic rings. The Morgan fingerprint density at radius 3 is 2.81 bits per heavy atom. The van der Waals surface area contributed by atoms with E-state index in [0.29, 0.717) is 6.10 Å². The average molecular weight is 367 g/mol. The first-order valence-electron chi connectivity index (χ1n) is 10.0. The second kappa shape index (κ2) is 7.39. The highest BCUT2D eigenvalue weighted by Crippen LogP contribution is 2.35. The number of nitrogens with zero attached hydrogens (tertiary/aromatic N) is 2. The molecule has 0 bridgehead atoms. The summed E-state index contributed by atoms with van der Waals surface area (Å²) in [7, 11) is 0. The summed E-state index contributed by atoms with van der Waals surface area (Å²) in [6, 6.07) is 10.0. The lowest BCUT2D eigenvalue weighted by Gasteiger charge is -2.38. The molecule has 4 rings (SSSR count). The minimum absolute atomic E-state index is 0.111. The van der Waals surface area contributed by atoms with Crippen LogP contribution in [0.15, 0.2) is 30.3 Å². The van der Waals surface area contributed by atoms with Gasteiger partial charge in [-0.1, -0.05) is 19.1 Å². The van der Waals surface area contributed by atoms with Gasteiger partial charge in [-0.05, 0) is 51.3 Å². The van der Waals surface area contributed by atoms with E-state index in [9.17, 15) is 4.79 Å². The number of para-hydroxylation sites is 1. The van der Waals surface area contributed by atoms with Gasteiger partial charge in [-0.15, -0.1) is 0 Å². The van der Waals surface area contributed by atoms with Crippen LogP contribution in [0.5, 0.6) is 0 Å². The third kappa shape index (κ3) is 3.25. The Balaban J connectivity index is 1.69. The molecule has 1 N–H and O–H groups in total. The number of nitrogens with one attached hydrogen (secondary N) is 1. The summed E-state index contributed by atoms with van der Waals surface area (Å²) in [5, 5.41) is 3.61. The molecule has 1 amide bonds. The summed E-state index contributed by atoms with van der Waals surface area (Å²) >= 11 is 0. The lowest BCUT2D eigenvalue weighted by Crippen LogP contribution is -2.43. The molecule has 1 saturated heterocycles. The molecule has 3 heterocycles. The van der Waals surface area contributed by atoms with Crippen molar-refractivity contribution in [2.45, 2.75) is 58.8 Å². The highest BCUT2D eigenvalue weighted by atomic mass is 16.5. The third-order valence-corrected chi connectivity index (χ3v) is 5.80. The van der Waals surface area contributed by atoms with E-state index in [4.69, 9.17) is 4.74 Å². The summed E-state index contributed by atoms with van der Waals surface area (Å²) in [4.78, 5) is 15.1. The fraction of sp³-hybridized carbons (Fsp3) is 0.500. The van der Waals surface area contributed by atoms with Crippen molar-refractivity contribution in [2.75, 3.05) is 18.5 Å². The van der Waals surface area contributed by atoms with E-state index in [2.05, 4.69) is 36.7 Å². The number of rotatable bonds is 5. The van der Waals surface area contributed by atoms with Crippen LogP contribution in [-0.2, 0) is 11.3 Å². The zero-order valence-corrected chi connectivity index (χ0v) is 16.5. The maximum atomic E-state index is 13.1. The Morgan fingerprint density at radius 2 is 2.07 bits per heavy atom. The molecule has 0 saturated carbocycles. The first kappa shape index (κ1) is 18.1. The number of hydrogen-bond donors (Lipinski definition) is 1. The molecular formula is C22H29N3O2. The fourth-order valence-electron chi connectivity index (χ4n) is 4.39. The second-order valence-corrected chi connectivity index (χ2v) is 7.66. The Labute approximate surface area is 161 Å². The van der Waals surface area contributed by atoms with Gasteiger partial charge >= 0.3 is 0 Å². The number of fused-ring (bicyclic) bond motifs is 1. The molecule has 2 aliphatic rings. The maximum absolute atomic E-state index is 13.1. The minimum atomic E-state index is -0.128. The molecule has 1 aromatic carbocycles. The number of carbonyl (C=O) groups is 1. The molecule has 1 aromatic heterocycles. The summed E-state index contributed by atoms with van der Waals surface area (Å²) in [5.41, 5.74) is 5.30. The SMILES string of the molecule is CCCN1C(=O)c2ccccc2N[C@H]1c1cc(C)n(C[C@@H]2CCCO2)c1C. The van der Waals surface area contributed by atoms with Crippen LogP contribution in [0.1, 0.15) is 59.7 Å². The molecular weight excluding hydrogens is 338 g/mol. The van der Waals surface area contributed by atoms with Gasteiger partial charge in [-0.3, -0.25) is 4.79 Å². The number of anilines is 1. The van der Waals surface area contributed by atoms with Gasteiger partial charge in [0.1, 0.15) is 6.17 Å². The van der Waals surface area contributed by atoms with E-state index in [0.717, 1.165) is 50.2 Å². The molecule has 0 spiro atoms. The van der Waals surface area contributed by atoms with Gasteiger partial charge in [0.15, 0.2) is 0 Å². The van der Waals surface area contributed by atoms with Gasteiger partial charge in [0.2, 0.25) is 0 Å². The molecule has 2 aliphatic heterocycles. The van der Waals surface area contributed by atoms with E-state index in [1.165, 1.54) is 17.0 Å². The standard InChI is InChI=1S/C22H29N3O2/c1-4-11-24-21(23-20-10-6-5-9-18(20)22(24)26)19-13-15(2)25(16(19)3)14-17-8-7-12-27-17/h5-6,9-10,13,17,21,23H,4,7-8,11-12,14H2,1-3H3/t17-,21+/m0/s1. The van der Waals surface area contributed by atoms with Gasteiger partial charge in [-0.25, -0.2) is 0 Å². The van der Waals surface area contributed by atoms with Crippen LogP contribution in [0.25, 0.3) is 0 Å². The molecule has 5 heteroatoms. The van der Waals surface area contributed by atoms with Gasteiger partial charge in [-0.2, -0.15) is 0 Å². The van der Waals surface area contributed by atoms with Gasteiger partial charge in [0.05, 0.1) is 11.7 Å². The van der Waals surface area contributed by atoms with Crippen molar-refractivity contribution >= 4 is 11.6 Å². The van der Waals surface area contributed by atoms with Crippen LogP contribution in [0, 0.1) is 13.8 Å². The topological polar surface area (TPSA) is 46.5 Å². The zero-order chi connectivity index (χ0) is 19.0. The van der Waals surface area contributed by atoms with Crippen molar-refractivity contribution in [3.05, 3.63) is 52.8 Å². The van der Waals surface area contributed by atoms with Crippen molar-refractivity contribution in [2.24, 2.45) is 0 Å². The Morgan fingerprint density at radius 1 is 1.26 bits per heavy atom. The monoisotopic (exact) mass is 367 g/mol. The number of hydrogen-bond acceptors (Lipinski definition) is 3. The average Bonchev–Trinajstić information content (AvgIpc) is 3.28. The lowest BCUT2D eigenvalue weighted by atomic mass is 10.0. The van der Waals surface area contributed by atoms with Crippen molar-refractivity contribution in [3.8, 4) is 0 Å². The van der Waals surface area contributed by atoms with Crippen LogP contribution < -0.4 is 5.32 Å². The fourth-order valence-corrected chi connectivity index (χ4v) is 4.39. The van der Waals surface area contributed by atoms with Crippen molar-refractivity contribution in [1.82, 2.24) is 9.47 Å². The predicted molar refractivity (Wildman–Crippen MR) is 107 cm³/mol. The minimum Gasteiger partial charge on any atom is -0.376 e. The van der Waals surface area contributed by atoms with E-state index in [-0.39, 0.29) is 12.1 Å². The highest BCUT2D eigenvalue weighted by Gasteiger charge is 2.34. The zero-order valence-electron chi connectivity index (χ0n) is 16.5. The molecule has 0 aliphatic carbocycles. The normalized spacial score (nSPS) is 22.0. The van der Waals surface area contributed by atoms with Gasteiger partial charge in [0.25, 0.3) is 5.91 Å². The molecule has 5 nitrogen and oxygen atoms in total. The molecule has 27 heavy (non-hydrogen) atoms. The summed E-state index contributed by atoms with van der Waals surface area (Å²) in [5.74, 6) is 0.111. The first-order chi connectivity index (χ1) is 13.1. The van der Waals surface area contributed by atoms with E-state index in [1.807, 2.05) is 29.2 Å². The Kier molecular flexibility index (Phi) is 4.96. The van der Waals surface area contributed by atoms with E-state index >= 15 is 0 Å². The quantitative estimate of drug-likeness (QED) is 0.859. The predicted octanol–water partition coefficient (Wildman–Crippen LogP) is 4.26. The molecule has 144 valence electrons. The molecule has 0 unspecified atom stereocenters. The van der Waals surface area contributed by atoms with Crippen molar-refractivity contribution in [3.63, 3.8) is 0 Å². The van der Waals surface area contributed by atoms with Crippen LogP contribution in [-0.4, -0.2) is 34.6 Å². The number of aryl methyl sites for hydroxylation is 1. The van der Waals surface area contributed by atoms with Crippen LogP contribution >= 0.6 is 0 Å². The van der Waals surface area contributed by atoms with E-state index in [1.54, 1.807) is 0 Å². The maximum Gasteiger partial charge on any atom is 0.257 e. The van der Waals surface area contributed by atoms with Gasteiger partial charge < -0.3 is 19.5 Å². The summed E-state index contributed by atoms with van der Waals surface area (Å²) < 4.78 is 8.19. The molecule has 0 radical (unpaired) electrons. The second-order valence-electron chi connectivity index (χ2n) is 7.66. The lowest BCUT2D eigenvalue weighted by molar-refractivity contribution is 0.0682. The Hall–Kier alpha value is -2.27. The molecule has 2 atom stereocenters. The summed E-state index contributed by atoms with van der Waals surface area (Å²) in [6.07, 6.45) is 3.38. The van der Waals surface area contributed by atoms with Crippen LogP contribution in [0.2, 0.25) is 0 Å². The number of ether oxygens (including phenoxy) is 1. The van der Waals surface area contributed by atoms with Crippen LogP contribution in [0.4, 0.5) is 5.69 Å². The van der Waals surface area contributed by atoms with Crippen molar-refractivity contribution < 1.29 is 9.53 Å². The van der Waals surface area contributed by atoms with E-state index < -0.39 is 0 Å². The number of amides is 1. The van der Waals surface area contributed by atoms with Gasteiger partial charge in [0, 0.05) is 42.3 Å². The van der Waals surface area contributed by atoms with Crippen LogP contribution in [0.3, 0.4) is 0 Å². The summed E-state index contributed by atoms with van der Waals surface area (Å²) in [6.45, 7) is 8.92. The number of aromatic nitrogens is 1. The third-order valence-electron chi connectivity index (χ3n) is 5.80. The number of carbonyl (C=O) groups excluding carboxylic acids is 1. The highest BCUT2D eigenvalue weighted by molar-refractivity contribution is 6.01.